The van der Waals surface area contributed by atoms with E-state index in [1.165, 1.54) is 6.92 Å². The Labute approximate surface area is 210 Å². The van der Waals surface area contributed by atoms with Crippen molar-refractivity contribution >= 4 is 29.0 Å². The molecule has 2 aromatic carbocycles. The third-order valence-electron chi connectivity index (χ3n) is 7.27. The number of hydrogen-bond donors (Lipinski definition) is 3. The summed E-state index contributed by atoms with van der Waals surface area (Å²) < 4.78 is 1.63. The van der Waals surface area contributed by atoms with Crippen LogP contribution in [0.3, 0.4) is 0 Å². The van der Waals surface area contributed by atoms with Gasteiger partial charge >= 0.3 is 0 Å². The van der Waals surface area contributed by atoms with Gasteiger partial charge in [0.25, 0.3) is 0 Å². The molecule has 2 amide bonds. The van der Waals surface area contributed by atoms with Crippen LogP contribution < -0.4 is 10.6 Å². The molecule has 0 bridgehead atoms. The molecule has 1 fully saturated rings. The van der Waals surface area contributed by atoms with E-state index in [0.717, 1.165) is 11.1 Å². The number of amides is 2. The molecule has 4 atom stereocenters. The van der Waals surface area contributed by atoms with Gasteiger partial charge in [-0.2, -0.15) is 5.10 Å². The number of Topliss-reactive ketones (excluding diaryl/α,β-unsaturated/α-hetero) is 1. The van der Waals surface area contributed by atoms with E-state index in [1.807, 2.05) is 51.1 Å². The molecule has 1 saturated carbocycles. The molecule has 4 rings (SSSR count). The van der Waals surface area contributed by atoms with Gasteiger partial charge in [-0.25, -0.2) is 0 Å². The van der Waals surface area contributed by atoms with Crippen molar-refractivity contribution in [1.82, 2.24) is 9.78 Å². The van der Waals surface area contributed by atoms with Gasteiger partial charge in [0.05, 0.1) is 17.7 Å². The number of benzene rings is 2. The van der Waals surface area contributed by atoms with E-state index in [1.54, 1.807) is 36.1 Å². The molecule has 3 aromatic rings. The second-order valence-electron chi connectivity index (χ2n) is 9.90. The number of rotatable bonds is 5. The molecule has 0 spiro atoms. The van der Waals surface area contributed by atoms with Crippen molar-refractivity contribution in [3.63, 3.8) is 0 Å². The molecule has 1 aliphatic rings. The van der Waals surface area contributed by atoms with Crippen LogP contribution >= 0.6 is 0 Å². The SMILES string of the molecule is Cc1ccccc1NC(=O)[C@H]1C(=O)C[C@](C)(O)[C@@H](C(=O)Nc2ccccc2C)[C@H]1c1cnn(C)c1C. The number of hydrogen-bond acceptors (Lipinski definition) is 5. The Hall–Kier alpha value is -3.78. The zero-order chi connectivity index (χ0) is 26.2. The van der Waals surface area contributed by atoms with E-state index >= 15 is 0 Å². The van der Waals surface area contributed by atoms with Crippen molar-refractivity contribution in [2.24, 2.45) is 18.9 Å². The number of carbonyl (C=O) groups is 3. The van der Waals surface area contributed by atoms with Crippen molar-refractivity contribution < 1.29 is 19.5 Å². The molecule has 0 unspecified atom stereocenters. The minimum atomic E-state index is -1.67. The van der Waals surface area contributed by atoms with Crippen LogP contribution in [0.2, 0.25) is 0 Å². The van der Waals surface area contributed by atoms with Gasteiger partial charge in [0.15, 0.2) is 0 Å². The molecule has 0 aliphatic heterocycles. The summed E-state index contributed by atoms with van der Waals surface area (Å²) in [6.07, 6.45) is 1.26. The first-order chi connectivity index (χ1) is 17.0. The van der Waals surface area contributed by atoms with Gasteiger partial charge in [-0.15, -0.1) is 0 Å². The van der Waals surface area contributed by atoms with Gasteiger partial charge in [-0.05, 0) is 56.5 Å². The first-order valence-corrected chi connectivity index (χ1v) is 12.0. The fourth-order valence-electron chi connectivity index (χ4n) is 5.16. The minimum absolute atomic E-state index is 0.319. The van der Waals surface area contributed by atoms with Crippen LogP contribution in [0.1, 0.15) is 41.6 Å². The van der Waals surface area contributed by atoms with Crippen LogP contribution in [-0.4, -0.2) is 38.1 Å². The van der Waals surface area contributed by atoms with Crippen LogP contribution in [0, 0.1) is 32.6 Å². The molecule has 0 radical (unpaired) electrons. The topological polar surface area (TPSA) is 113 Å². The van der Waals surface area contributed by atoms with Gasteiger partial charge in [0.1, 0.15) is 11.7 Å². The number of carbonyl (C=O) groups excluding carboxylic acids is 3. The molecule has 8 heteroatoms. The highest BCUT2D eigenvalue weighted by Gasteiger charge is 2.56. The lowest BCUT2D eigenvalue weighted by Crippen LogP contribution is -2.56. The first-order valence-electron chi connectivity index (χ1n) is 12.0. The second-order valence-corrected chi connectivity index (χ2v) is 9.90. The zero-order valence-corrected chi connectivity index (χ0v) is 21.2. The summed E-state index contributed by atoms with van der Waals surface area (Å²) in [5.74, 6) is -4.55. The average Bonchev–Trinajstić information content (AvgIpc) is 3.13. The highest BCUT2D eigenvalue weighted by Crippen LogP contribution is 2.47. The van der Waals surface area contributed by atoms with E-state index in [-0.39, 0.29) is 6.42 Å². The monoisotopic (exact) mass is 488 g/mol. The van der Waals surface area contributed by atoms with Crippen LogP contribution in [0.5, 0.6) is 0 Å². The number of para-hydroxylation sites is 2. The molecular formula is C28H32N4O4. The summed E-state index contributed by atoms with van der Waals surface area (Å²) in [7, 11) is 1.76. The van der Waals surface area contributed by atoms with Crippen LogP contribution in [0.15, 0.2) is 54.7 Å². The maximum absolute atomic E-state index is 13.8. The number of anilines is 2. The van der Waals surface area contributed by atoms with Gasteiger partial charge < -0.3 is 15.7 Å². The normalized spacial score (nSPS) is 23.8. The molecule has 188 valence electrons. The largest absolute Gasteiger partial charge is 0.389 e. The number of aliphatic hydroxyl groups is 1. The number of aromatic nitrogens is 2. The number of nitrogens with zero attached hydrogens (tertiary/aromatic N) is 2. The predicted octanol–water partition coefficient (Wildman–Crippen LogP) is 3.66. The standard InChI is InChI=1S/C28H32N4O4/c1-16-10-6-8-12-20(16)30-26(34)24-22(33)14-28(4,36)25(23(24)19-15-29-32(5)18(19)3)27(35)31-21-13-9-7-11-17(21)2/h6-13,15,23-25,36H,14H2,1-5H3,(H,30,34)(H,31,35)/t23-,24-,25+,28-/m0/s1. The Morgan fingerprint density at radius 2 is 1.50 bits per heavy atom. The molecular weight excluding hydrogens is 456 g/mol. The fourth-order valence-corrected chi connectivity index (χ4v) is 5.16. The van der Waals surface area contributed by atoms with E-state index in [4.69, 9.17) is 0 Å². The first kappa shape index (κ1) is 25.3. The smallest absolute Gasteiger partial charge is 0.235 e. The fraction of sp³-hybridized carbons (Fsp3) is 0.357. The van der Waals surface area contributed by atoms with Crippen LogP contribution in [-0.2, 0) is 21.4 Å². The van der Waals surface area contributed by atoms with Crippen molar-refractivity contribution in [1.29, 1.82) is 0 Å². The lowest BCUT2D eigenvalue weighted by molar-refractivity contribution is -0.150. The average molecular weight is 489 g/mol. The van der Waals surface area contributed by atoms with Gasteiger partial charge in [-0.3, -0.25) is 19.1 Å². The minimum Gasteiger partial charge on any atom is -0.389 e. The summed E-state index contributed by atoms with van der Waals surface area (Å²) in [6, 6.07) is 14.6. The summed E-state index contributed by atoms with van der Waals surface area (Å²) in [5, 5.41) is 21.6. The number of aryl methyl sites for hydroxylation is 3. The molecule has 1 aromatic heterocycles. The van der Waals surface area contributed by atoms with E-state index in [9.17, 15) is 19.5 Å². The number of ketones is 1. The molecule has 1 aliphatic carbocycles. The Balaban J connectivity index is 1.80. The molecule has 1 heterocycles. The van der Waals surface area contributed by atoms with Crippen molar-refractivity contribution in [2.45, 2.75) is 45.6 Å². The van der Waals surface area contributed by atoms with Crippen molar-refractivity contribution in [3.05, 3.63) is 77.1 Å². The van der Waals surface area contributed by atoms with E-state index in [0.29, 0.717) is 22.6 Å². The maximum Gasteiger partial charge on any atom is 0.235 e. The van der Waals surface area contributed by atoms with Crippen LogP contribution in [0.4, 0.5) is 11.4 Å². The molecule has 3 N–H and O–H groups in total. The second kappa shape index (κ2) is 9.70. The van der Waals surface area contributed by atoms with Crippen LogP contribution in [0.25, 0.3) is 0 Å². The Morgan fingerprint density at radius 3 is 2.00 bits per heavy atom. The van der Waals surface area contributed by atoms with E-state index in [2.05, 4.69) is 15.7 Å². The summed E-state index contributed by atoms with van der Waals surface area (Å²) in [4.78, 5) is 40.9. The summed E-state index contributed by atoms with van der Waals surface area (Å²) >= 11 is 0. The zero-order valence-electron chi connectivity index (χ0n) is 21.2. The Bertz CT molecular complexity index is 1330. The molecule has 8 nitrogen and oxygen atoms in total. The van der Waals surface area contributed by atoms with Gasteiger partial charge in [0.2, 0.25) is 11.8 Å². The van der Waals surface area contributed by atoms with E-state index < -0.39 is 41.0 Å². The highest BCUT2D eigenvalue weighted by atomic mass is 16.3. The van der Waals surface area contributed by atoms with Gasteiger partial charge in [-0.1, -0.05) is 36.4 Å². The van der Waals surface area contributed by atoms with Crippen molar-refractivity contribution in [2.75, 3.05) is 10.6 Å². The van der Waals surface area contributed by atoms with Crippen molar-refractivity contribution in [3.8, 4) is 0 Å². The molecule has 0 saturated heterocycles. The Morgan fingerprint density at radius 1 is 0.972 bits per heavy atom. The Kier molecular flexibility index (Phi) is 6.82. The lowest BCUT2D eigenvalue weighted by Gasteiger charge is -2.44. The lowest BCUT2D eigenvalue weighted by atomic mass is 9.61. The summed E-state index contributed by atoms with van der Waals surface area (Å²) in [5.41, 5.74) is 2.54. The molecule has 36 heavy (non-hydrogen) atoms. The summed E-state index contributed by atoms with van der Waals surface area (Å²) in [6.45, 7) is 7.05. The predicted molar refractivity (Wildman–Crippen MR) is 138 cm³/mol. The number of nitrogens with one attached hydrogen (secondary N) is 2. The maximum atomic E-state index is 13.8. The quantitative estimate of drug-likeness (QED) is 0.475. The van der Waals surface area contributed by atoms with Gasteiger partial charge in [0, 0.05) is 36.5 Å². The third-order valence-corrected chi connectivity index (χ3v) is 7.27. The highest BCUT2D eigenvalue weighted by molar-refractivity contribution is 6.10. The third kappa shape index (κ3) is 4.68.